The fraction of sp³-hybridized carbons (Fsp3) is 0.533. The Morgan fingerprint density at radius 2 is 2.19 bits per heavy atom. The average molecular weight is 313 g/mol. The molecule has 0 spiro atoms. The molecule has 0 aliphatic carbocycles. The van der Waals surface area contributed by atoms with Gasteiger partial charge in [-0.1, -0.05) is 11.6 Å². The number of methoxy groups -OCH3 is 1. The van der Waals surface area contributed by atoms with E-state index in [1.54, 1.807) is 0 Å². The maximum atomic E-state index is 11.3. The zero-order valence-corrected chi connectivity index (χ0v) is 12.9. The van der Waals surface area contributed by atoms with Crippen LogP contribution in [-0.2, 0) is 9.53 Å². The number of piperidine rings is 1. The Labute approximate surface area is 129 Å². The third kappa shape index (κ3) is 4.25. The number of carbonyl (C=O) groups excluding carboxylic acids is 1. The number of nitrogens with zero attached hydrogens (tertiary/aromatic N) is 1. The van der Waals surface area contributed by atoms with E-state index in [9.17, 15) is 9.90 Å². The Bertz CT molecular complexity index is 488. The third-order valence-electron chi connectivity index (χ3n) is 3.82. The predicted octanol–water partition coefficient (Wildman–Crippen LogP) is 2.13. The SMILES string of the molecule is COC(=O)CNc1cc(Cl)ccc1N1CCC(CO)CC1. The molecule has 1 saturated heterocycles. The molecule has 0 atom stereocenters. The first-order valence-electron chi connectivity index (χ1n) is 7.10. The zero-order valence-electron chi connectivity index (χ0n) is 12.1. The summed E-state index contributed by atoms with van der Waals surface area (Å²) in [4.78, 5) is 13.5. The molecule has 116 valence electrons. The number of hydrogen-bond acceptors (Lipinski definition) is 5. The molecule has 0 aromatic heterocycles. The van der Waals surface area contributed by atoms with Crippen molar-refractivity contribution < 1.29 is 14.6 Å². The number of aliphatic hydroxyl groups is 1. The van der Waals surface area contributed by atoms with Crippen molar-refractivity contribution in [3.8, 4) is 0 Å². The highest BCUT2D eigenvalue weighted by molar-refractivity contribution is 6.31. The topological polar surface area (TPSA) is 61.8 Å². The lowest BCUT2D eigenvalue weighted by molar-refractivity contribution is -0.138. The van der Waals surface area contributed by atoms with Crippen LogP contribution in [0.2, 0.25) is 5.02 Å². The molecule has 6 heteroatoms. The number of rotatable bonds is 5. The monoisotopic (exact) mass is 312 g/mol. The predicted molar refractivity (Wildman–Crippen MR) is 84.0 cm³/mol. The first-order valence-corrected chi connectivity index (χ1v) is 7.48. The molecule has 1 fully saturated rings. The van der Waals surface area contributed by atoms with Crippen molar-refractivity contribution in [3.05, 3.63) is 23.2 Å². The Kier molecular flexibility index (Phi) is 5.70. The highest BCUT2D eigenvalue weighted by atomic mass is 35.5. The van der Waals surface area contributed by atoms with Crippen LogP contribution in [0.5, 0.6) is 0 Å². The molecule has 1 aliphatic rings. The Morgan fingerprint density at radius 1 is 1.48 bits per heavy atom. The summed E-state index contributed by atoms with van der Waals surface area (Å²) in [6.07, 6.45) is 1.94. The van der Waals surface area contributed by atoms with E-state index >= 15 is 0 Å². The lowest BCUT2D eigenvalue weighted by Gasteiger charge is -2.34. The number of benzene rings is 1. The van der Waals surface area contributed by atoms with Crippen LogP contribution >= 0.6 is 11.6 Å². The smallest absolute Gasteiger partial charge is 0.325 e. The number of ether oxygens (including phenoxy) is 1. The van der Waals surface area contributed by atoms with Crippen molar-refractivity contribution in [1.82, 2.24) is 0 Å². The van der Waals surface area contributed by atoms with Gasteiger partial charge >= 0.3 is 5.97 Å². The first kappa shape index (κ1) is 15.9. The molecule has 0 radical (unpaired) electrons. The molecule has 2 N–H and O–H groups in total. The van der Waals surface area contributed by atoms with Crippen molar-refractivity contribution in [3.63, 3.8) is 0 Å². The molecule has 1 heterocycles. The molecule has 0 saturated carbocycles. The number of aliphatic hydroxyl groups excluding tert-OH is 1. The van der Waals surface area contributed by atoms with Crippen LogP contribution in [0, 0.1) is 5.92 Å². The van der Waals surface area contributed by atoms with Gasteiger partial charge in [-0.2, -0.15) is 0 Å². The summed E-state index contributed by atoms with van der Waals surface area (Å²) in [5.74, 6) is 0.0694. The van der Waals surface area contributed by atoms with Gasteiger partial charge in [0.1, 0.15) is 6.54 Å². The molecule has 0 bridgehead atoms. The molecular weight excluding hydrogens is 292 g/mol. The van der Waals surface area contributed by atoms with Gasteiger partial charge < -0.3 is 20.1 Å². The Morgan fingerprint density at radius 3 is 2.81 bits per heavy atom. The van der Waals surface area contributed by atoms with Crippen LogP contribution in [-0.4, -0.2) is 44.4 Å². The number of hydrogen-bond donors (Lipinski definition) is 2. The second-order valence-corrected chi connectivity index (χ2v) is 5.64. The van der Waals surface area contributed by atoms with Crippen LogP contribution in [0.25, 0.3) is 0 Å². The Balaban J connectivity index is 2.09. The third-order valence-corrected chi connectivity index (χ3v) is 4.06. The van der Waals surface area contributed by atoms with Gasteiger partial charge in [-0.3, -0.25) is 4.79 Å². The summed E-state index contributed by atoms with van der Waals surface area (Å²) in [6, 6.07) is 5.62. The molecule has 2 rings (SSSR count). The van der Waals surface area contributed by atoms with Crippen LogP contribution in [0.1, 0.15) is 12.8 Å². The zero-order chi connectivity index (χ0) is 15.2. The second-order valence-electron chi connectivity index (χ2n) is 5.20. The van der Waals surface area contributed by atoms with E-state index in [4.69, 9.17) is 11.6 Å². The molecule has 1 aliphatic heterocycles. The lowest BCUT2D eigenvalue weighted by atomic mass is 9.97. The van der Waals surface area contributed by atoms with Crippen molar-refractivity contribution in [2.24, 2.45) is 5.92 Å². The number of carbonyl (C=O) groups is 1. The fourth-order valence-corrected chi connectivity index (χ4v) is 2.69. The lowest BCUT2D eigenvalue weighted by Crippen LogP contribution is -2.35. The van der Waals surface area contributed by atoms with E-state index in [0.717, 1.165) is 37.3 Å². The fourth-order valence-electron chi connectivity index (χ4n) is 2.52. The minimum Gasteiger partial charge on any atom is -0.468 e. The van der Waals surface area contributed by atoms with E-state index in [1.165, 1.54) is 7.11 Å². The highest BCUT2D eigenvalue weighted by Gasteiger charge is 2.20. The van der Waals surface area contributed by atoms with Crippen molar-refractivity contribution >= 4 is 28.9 Å². The molecule has 1 aromatic carbocycles. The molecule has 0 amide bonds. The van der Waals surface area contributed by atoms with E-state index in [2.05, 4.69) is 15.0 Å². The van der Waals surface area contributed by atoms with E-state index in [1.807, 2.05) is 18.2 Å². The highest BCUT2D eigenvalue weighted by Crippen LogP contribution is 2.32. The quantitative estimate of drug-likeness (QED) is 0.816. The molecular formula is C15H21ClN2O3. The maximum Gasteiger partial charge on any atom is 0.325 e. The number of esters is 1. The average Bonchev–Trinajstić information content (AvgIpc) is 2.53. The van der Waals surface area contributed by atoms with Gasteiger partial charge in [-0.15, -0.1) is 0 Å². The van der Waals surface area contributed by atoms with Crippen molar-refractivity contribution in [2.75, 3.05) is 43.6 Å². The van der Waals surface area contributed by atoms with Crippen molar-refractivity contribution in [2.45, 2.75) is 12.8 Å². The first-order chi connectivity index (χ1) is 10.1. The second kappa shape index (κ2) is 7.52. The van der Waals surface area contributed by atoms with Gasteiger partial charge in [0.15, 0.2) is 0 Å². The van der Waals surface area contributed by atoms with Crippen molar-refractivity contribution in [1.29, 1.82) is 0 Å². The Hall–Kier alpha value is -1.46. The van der Waals surface area contributed by atoms with Gasteiger partial charge in [0.2, 0.25) is 0 Å². The standard InChI is InChI=1S/C15H21ClN2O3/c1-21-15(20)9-17-13-8-12(16)2-3-14(13)18-6-4-11(10-19)5-7-18/h2-3,8,11,17,19H,4-7,9-10H2,1H3. The van der Waals surface area contributed by atoms with Gasteiger partial charge in [0.05, 0.1) is 18.5 Å². The largest absolute Gasteiger partial charge is 0.468 e. The molecule has 1 aromatic rings. The number of anilines is 2. The number of nitrogens with one attached hydrogen (secondary N) is 1. The van der Waals surface area contributed by atoms with E-state index in [0.29, 0.717) is 10.9 Å². The molecule has 5 nitrogen and oxygen atoms in total. The van der Waals surface area contributed by atoms with Crippen LogP contribution in [0.4, 0.5) is 11.4 Å². The van der Waals surface area contributed by atoms with Gasteiger partial charge in [-0.05, 0) is 37.0 Å². The summed E-state index contributed by atoms with van der Waals surface area (Å²) < 4.78 is 4.64. The van der Waals surface area contributed by atoms with Gasteiger partial charge in [0, 0.05) is 24.7 Å². The van der Waals surface area contributed by atoms with Gasteiger partial charge in [0.25, 0.3) is 0 Å². The summed E-state index contributed by atoms with van der Waals surface area (Å²) in [5, 5.41) is 12.9. The minimum atomic E-state index is -0.320. The normalized spacial score (nSPS) is 15.9. The summed E-state index contributed by atoms with van der Waals surface area (Å²) in [6.45, 7) is 2.14. The summed E-state index contributed by atoms with van der Waals surface area (Å²) >= 11 is 6.04. The van der Waals surface area contributed by atoms with E-state index < -0.39 is 0 Å². The van der Waals surface area contributed by atoms with Crippen LogP contribution in [0.15, 0.2) is 18.2 Å². The summed E-state index contributed by atoms with van der Waals surface area (Å²) in [7, 11) is 1.36. The minimum absolute atomic E-state index is 0.108. The van der Waals surface area contributed by atoms with E-state index in [-0.39, 0.29) is 19.1 Å². The maximum absolute atomic E-state index is 11.3. The van der Waals surface area contributed by atoms with Gasteiger partial charge in [-0.25, -0.2) is 0 Å². The number of halogens is 1. The molecule has 0 unspecified atom stereocenters. The van der Waals surface area contributed by atoms with Crippen LogP contribution < -0.4 is 10.2 Å². The summed E-state index contributed by atoms with van der Waals surface area (Å²) in [5.41, 5.74) is 1.86. The van der Waals surface area contributed by atoms with Crippen LogP contribution in [0.3, 0.4) is 0 Å². The molecule has 21 heavy (non-hydrogen) atoms.